The van der Waals surface area contributed by atoms with Crippen LogP contribution in [-0.4, -0.2) is 61.2 Å². The van der Waals surface area contributed by atoms with Crippen LogP contribution in [0.2, 0.25) is 0 Å². The van der Waals surface area contributed by atoms with Crippen LogP contribution < -0.4 is 11.4 Å². The number of hydrogen-bond donors (Lipinski definition) is 4. The molecule has 2 rings (SSSR count). The maximum atomic E-state index is 11.7. The molecule has 1 aromatic rings. The van der Waals surface area contributed by atoms with E-state index in [1.54, 1.807) is 0 Å². The largest absolute Gasteiger partial charge is 0.480 e. The molecule has 5 N–H and O–H groups in total. The zero-order chi connectivity index (χ0) is 14.9. The molecule has 1 aromatic heterocycles. The number of carbonyl (C=O) groups is 1. The predicted molar refractivity (Wildman–Crippen MR) is 63.7 cm³/mol. The van der Waals surface area contributed by atoms with E-state index in [-0.39, 0.29) is 12.6 Å². The van der Waals surface area contributed by atoms with Crippen molar-refractivity contribution in [1.29, 1.82) is 0 Å². The Bertz CT molecular complexity index is 561. The van der Waals surface area contributed by atoms with Crippen molar-refractivity contribution in [3.63, 3.8) is 0 Å². The van der Waals surface area contributed by atoms with Crippen LogP contribution in [-0.2, 0) is 9.53 Å². The number of aromatic nitrogens is 3. The van der Waals surface area contributed by atoms with Crippen molar-refractivity contribution in [2.45, 2.75) is 18.2 Å². The van der Waals surface area contributed by atoms with Gasteiger partial charge in [-0.3, -0.25) is 4.57 Å². The number of rotatable bonds is 4. The van der Waals surface area contributed by atoms with Crippen molar-refractivity contribution in [2.24, 2.45) is 5.92 Å². The Hall–Kier alpha value is -2.04. The van der Waals surface area contributed by atoms with E-state index in [1.165, 1.54) is 0 Å². The van der Waals surface area contributed by atoms with E-state index in [4.69, 9.17) is 15.6 Å². The van der Waals surface area contributed by atoms with Gasteiger partial charge in [0.2, 0.25) is 5.95 Å². The first-order valence-electron chi connectivity index (χ1n) is 5.79. The van der Waals surface area contributed by atoms with Gasteiger partial charge in [-0.05, 0) is 0 Å². The third kappa shape index (κ3) is 2.48. The molecule has 1 aliphatic heterocycles. The SMILES string of the molecule is Nc1ncn([C@@H](C(=O)O)[C@@H]2CO[C@H](CO)[C@@H]2O)c(=O)n1. The van der Waals surface area contributed by atoms with Crippen LogP contribution >= 0.6 is 0 Å². The highest BCUT2D eigenvalue weighted by Gasteiger charge is 2.44. The third-order valence-corrected chi connectivity index (χ3v) is 3.21. The third-order valence-electron chi connectivity index (χ3n) is 3.21. The lowest BCUT2D eigenvalue weighted by molar-refractivity contribution is -0.144. The van der Waals surface area contributed by atoms with Crippen molar-refractivity contribution < 1.29 is 24.9 Å². The van der Waals surface area contributed by atoms with Crippen LogP contribution in [0.4, 0.5) is 5.95 Å². The van der Waals surface area contributed by atoms with Gasteiger partial charge in [-0.1, -0.05) is 0 Å². The Morgan fingerprint density at radius 1 is 1.65 bits per heavy atom. The summed E-state index contributed by atoms with van der Waals surface area (Å²) < 4.78 is 5.87. The zero-order valence-electron chi connectivity index (χ0n) is 10.3. The first kappa shape index (κ1) is 14.4. The number of carboxylic acids is 1. The number of nitrogens with zero attached hydrogens (tertiary/aromatic N) is 3. The number of hydrogen-bond acceptors (Lipinski definition) is 8. The molecule has 0 radical (unpaired) electrons. The molecule has 0 bridgehead atoms. The van der Waals surface area contributed by atoms with Crippen LogP contribution in [0.3, 0.4) is 0 Å². The molecule has 10 nitrogen and oxygen atoms in total. The van der Waals surface area contributed by atoms with Crippen LogP contribution in [0.25, 0.3) is 0 Å². The first-order valence-corrected chi connectivity index (χ1v) is 5.79. The van der Waals surface area contributed by atoms with Crippen molar-refractivity contribution in [2.75, 3.05) is 18.9 Å². The molecule has 4 atom stereocenters. The second-order valence-electron chi connectivity index (χ2n) is 4.40. The number of aliphatic hydroxyl groups is 2. The predicted octanol–water partition coefficient (Wildman–Crippen LogP) is -2.79. The molecule has 0 spiro atoms. The molecule has 0 aliphatic carbocycles. The number of carboxylic acid groups (broad SMARTS) is 1. The number of nitrogens with two attached hydrogens (primary N) is 1. The van der Waals surface area contributed by atoms with Crippen LogP contribution in [0.1, 0.15) is 6.04 Å². The van der Waals surface area contributed by atoms with Crippen LogP contribution in [0, 0.1) is 5.92 Å². The molecule has 0 aromatic carbocycles. The lowest BCUT2D eigenvalue weighted by Gasteiger charge is -2.23. The van der Waals surface area contributed by atoms with Gasteiger partial charge in [0.15, 0.2) is 0 Å². The minimum atomic E-state index is -1.41. The molecule has 20 heavy (non-hydrogen) atoms. The lowest BCUT2D eigenvalue weighted by atomic mass is 9.93. The fourth-order valence-corrected chi connectivity index (χ4v) is 2.20. The van der Waals surface area contributed by atoms with Gasteiger partial charge in [-0.2, -0.15) is 4.98 Å². The summed E-state index contributed by atoms with van der Waals surface area (Å²) in [5.74, 6) is -2.52. The zero-order valence-corrected chi connectivity index (χ0v) is 10.3. The van der Waals surface area contributed by atoms with E-state index in [0.29, 0.717) is 0 Å². The first-order chi connectivity index (χ1) is 9.45. The quantitative estimate of drug-likeness (QED) is 0.458. The summed E-state index contributed by atoms with van der Waals surface area (Å²) in [4.78, 5) is 30.0. The summed E-state index contributed by atoms with van der Waals surface area (Å²) in [6, 6.07) is -1.41. The monoisotopic (exact) mass is 286 g/mol. The summed E-state index contributed by atoms with van der Waals surface area (Å²) in [7, 11) is 0. The van der Waals surface area contributed by atoms with Gasteiger partial charge in [-0.25, -0.2) is 14.6 Å². The molecule has 2 heterocycles. The Labute approximate surface area is 112 Å². The molecule has 1 fully saturated rings. The van der Waals surface area contributed by atoms with E-state index in [9.17, 15) is 19.8 Å². The molecule has 1 aliphatic rings. The van der Waals surface area contributed by atoms with Crippen molar-refractivity contribution in [3.8, 4) is 0 Å². The summed E-state index contributed by atoms with van der Waals surface area (Å²) in [5.41, 5.74) is 4.35. The van der Waals surface area contributed by atoms with E-state index in [1.807, 2.05) is 0 Å². The van der Waals surface area contributed by atoms with E-state index in [2.05, 4.69) is 9.97 Å². The molecule has 0 amide bonds. The standard InChI is InChI=1S/C10H14N4O6/c11-9-12-3-14(10(19)13-9)6(8(17)18)4-2-20-5(1-15)7(4)16/h3-7,15-16H,1-2H2,(H,17,18)(H2,11,13,19)/t4-,5+,6+,7+/m0/s1. The van der Waals surface area contributed by atoms with Crippen LogP contribution in [0.5, 0.6) is 0 Å². The van der Waals surface area contributed by atoms with Gasteiger partial charge in [0.05, 0.1) is 19.3 Å². The number of aliphatic hydroxyl groups excluding tert-OH is 2. The number of anilines is 1. The van der Waals surface area contributed by atoms with Gasteiger partial charge in [0, 0.05) is 5.92 Å². The van der Waals surface area contributed by atoms with E-state index >= 15 is 0 Å². The summed E-state index contributed by atoms with van der Waals surface area (Å²) in [6.07, 6.45) is -1.14. The van der Waals surface area contributed by atoms with Gasteiger partial charge in [-0.15, -0.1) is 0 Å². The van der Waals surface area contributed by atoms with Crippen molar-refractivity contribution in [1.82, 2.24) is 14.5 Å². The molecule has 0 unspecified atom stereocenters. The van der Waals surface area contributed by atoms with E-state index in [0.717, 1.165) is 10.9 Å². The minimum Gasteiger partial charge on any atom is -0.480 e. The Morgan fingerprint density at radius 2 is 2.35 bits per heavy atom. The summed E-state index contributed by atoms with van der Waals surface area (Å²) >= 11 is 0. The van der Waals surface area contributed by atoms with E-state index < -0.39 is 42.4 Å². The smallest absolute Gasteiger partial charge is 0.352 e. The second-order valence-corrected chi connectivity index (χ2v) is 4.40. The highest BCUT2D eigenvalue weighted by atomic mass is 16.5. The van der Waals surface area contributed by atoms with Gasteiger partial charge < -0.3 is 25.8 Å². The fourth-order valence-electron chi connectivity index (χ4n) is 2.20. The van der Waals surface area contributed by atoms with Gasteiger partial charge >= 0.3 is 11.7 Å². The van der Waals surface area contributed by atoms with Crippen LogP contribution in [0.15, 0.2) is 11.1 Å². The fraction of sp³-hybridized carbons (Fsp3) is 0.600. The Morgan fingerprint density at radius 3 is 2.85 bits per heavy atom. The normalized spacial score (nSPS) is 27.4. The molecule has 1 saturated heterocycles. The molecule has 10 heteroatoms. The van der Waals surface area contributed by atoms with Crippen molar-refractivity contribution in [3.05, 3.63) is 16.8 Å². The van der Waals surface area contributed by atoms with Crippen molar-refractivity contribution >= 4 is 11.9 Å². The molecular weight excluding hydrogens is 272 g/mol. The summed E-state index contributed by atoms with van der Waals surface area (Å²) in [5, 5.41) is 28.2. The molecular formula is C10H14N4O6. The maximum absolute atomic E-state index is 11.7. The van der Waals surface area contributed by atoms with Gasteiger partial charge in [0.25, 0.3) is 0 Å². The Balaban J connectivity index is 2.38. The average Bonchev–Trinajstić information content (AvgIpc) is 2.73. The van der Waals surface area contributed by atoms with Gasteiger partial charge in [0.1, 0.15) is 18.5 Å². The number of nitrogen functional groups attached to an aromatic ring is 1. The highest BCUT2D eigenvalue weighted by molar-refractivity contribution is 5.72. The number of ether oxygens (including phenoxy) is 1. The summed E-state index contributed by atoms with van der Waals surface area (Å²) in [6.45, 7) is -0.558. The number of aliphatic carboxylic acids is 1. The minimum absolute atomic E-state index is 0.111. The lowest BCUT2D eigenvalue weighted by Crippen LogP contribution is -2.42. The Kier molecular flexibility index (Phi) is 3.97. The average molecular weight is 286 g/mol. The molecule has 110 valence electrons. The highest BCUT2D eigenvalue weighted by Crippen LogP contribution is 2.29. The second kappa shape index (κ2) is 5.53. The topological polar surface area (TPSA) is 161 Å². The molecule has 0 saturated carbocycles. The maximum Gasteiger partial charge on any atom is 0.352 e.